The van der Waals surface area contributed by atoms with Gasteiger partial charge in [0.2, 0.25) is 0 Å². The maximum atomic E-state index is 12.1. The first-order valence-electron chi connectivity index (χ1n) is 10.2. The van der Waals surface area contributed by atoms with Crippen LogP contribution in [0.5, 0.6) is 0 Å². The van der Waals surface area contributed by atoms with Crippen LogP contribution in [-0.2, 0) is 9.16 Å². The van der Waals surface area contributed by atoms with Crippen molar-refractivity contribution in [3.63, 3.8) is 0 Å². The monoisotopic (exact) mass is 385 g/mol. The lowest BCUT2D eigenvalue weighted by atomic mass is 10.2. The van der Waals surface area contributed by atoms with E-state index in [1.807, 2.05) is 33.8 Å². The van der Waals surface area contributed by atoms with Crippen LogP contribution in [-0.4, -0.2) is 44.6 Å². The van der Waals surface area contributed by atoms with E-state index in [2.05, 4.69) is 47.6 Å². The highest BCUT2D eigenvalue weighted by Gasteiger charge is 2.44. The van der Waals surface area contributed by atoms with E-state index in [0.717, 1.165) is 13.0 Å². The molecule has 0 N–H and O–H groups in total. The SMILES string of the molecule is CC(C)N(C(=O)OC/C=C/CCO[Si](C(C)C)(C(C)C)C(C)C)C(C)C. The molecule has 0 aliphatic heterocycles. The molecule has 0 spiro atoms. The summed E-state index contributed by atoms with van der Waals surface area (Å²) in [6, 6.07) is 0.280. The van der Waals surface area contributed by atoms with E-state index < -0.39 is 8.32 Å². The summed E-state index contributed by atoms with van der Waals surface area (Å²) >= 11 is 0. The van der Waals surface area contributed by atoms with Gasteiger partial charge in [-0.3, -0.25) is 0 Å². The quantitative estimate of drug-likeness (QED) is 0.235. The highest BCUT2D eigenvalue weighted by atomic mass is 28.4. The van der Waals surface area contributed by atoms with E-state index in [0.29, 0.717) is 23.2 Å². The Bertz CT molecular complexity index is 401. The topological polar surface area (TPSA) is 38.8 Å². The summed E-state index contributed by atoms with van der Waals surface area (Å²) in [4.78, 5) is 13.9. The number of hydrogen-bond donors (Lipinski definition) is 0. The largest absolute Gasteiger partial charge is 0.445 e. The second kappa shape index (κ2) is 11.8. The van der Waals surface area contributed by atoms with Crippen LogP contribution in [0.1, 0.15) is 75.7 Å². The molecule has 0 atom stereocenters. The maximum Gasteiger partial charge on any atom is 0.410 e. The lowest BCUT2D eigenvalue weighted by molar-refractivity contribution is 0.0875. The molecule has 0 rings (SSSR count). The molecule has 0 saturated carbocycles. The molecule has 0 aromatic heterocycles. The highest BCUT2D eigenvalue weighted by Crippen LogP contribution is 2.42. The van der Waals surface area contributed by atoms with Gasteiger partial charge in [-0.25, -0.2) is 4.79 Å². The van der Waals surface area contributed by atoms with Gasteiger partial charge in [0.1, 0.15) is 6.61 Å². The van der Waals surface area contributed by atoms with E-state index in [1.54, 1.807) is 4.90 Å². The van der Waals surface area contributed by atoms with Gasteiger partial charge >= 0.3 is 6.09 Å². The zero-order valence-corrected chi connectivity index (χ0v) is 19.8. The molecule has 1 amide bonds. The van der Waals surface area contributed by atoms with Gasteiger partial charge in [0.15, 0.2) is 8.32 Å². The van der Waals surface area contributed by atoms with E-state index in [4.69, 9.17) is 9.16 Å². The molecule has 0 heterocycles. The number of nitrogens with zero attached hydrogens (tertiary/aromatic N) is 1. The summed E-state index contributed by atoms with van der Waals surface area (Å²) in [7, 11) is -1.78. The van der Waals surface area contributed by atoms with Gasteiger partial charge in [0.25, 0.3) is 0 Å². The fourth-order valence-electron chi connectivity index (χ4n) is 4.20. The minimum atomic E-state index is -1.78. The first kappa shape index (κ1) is 25.2. The second-order valence-electron chi connectivity index (χ2n) is 8.60. The number of ether oxygens (including phenoxy) is 1. The number of rotatable bonds is 11. The molecule has 0 aliphatic rings. The first-order chi connectivity index (χ1) is 12.0. The Hall–Kier alpha value is -0.813. The Morgan fingerprint density at radius 1 is 0.846 bits per heavy atom. The van der Waals surface area contributed by atoms with Crippen molar-refractivity contribution in [3.8, 4) is 0 Å². The lowest BCUT2D eigenvalue weighted by Gasteiger charge is -2.42. The van der Waals surface area contributed by atoms with Gasteiger partial charge in [-0.1, -0.05) is 53.7 Å². The van der Waals surface area contributed by atoms with Gasteiger partial charge in [0, 0.05) is 18.7 Å². The Morgan fingerprint density at radius 3 is 1.69 bits per heavy atom. The molecular formula is C21H43NO3Si. The summed E-state index contributed by atoms with van der Waals surface area (Å²) in [6.07, 6.45) is 4.59. The van der Waals surface area contributed by atoms with Crippen molar-refractivity contribution in [2.24, 2.45) is 0 Å². The Balaban J connectivity index is 4.42. The van der Waals surface area contributed by atoms with Crippen molar-refractivity contribution in [2.75, 3.05) is 13.2 Å². The number of hydrogen-bond acceptors (Lipinski definition) is 3. The molecule has 0 aliphatic carbocycles. The number of carbonyl (C=O) groups excluding carboxylic acids is 1. The first-order valence-corrected chi connectivity index (χ1v) is 12.4. The molecule has 0 radical (unpaired) electrons. The highest BCUT2D eigenvalue weighted by molar-refractivity contribution is 6.77. The lowest BCUT2D eigenvalue weighted by Crippen LogP contribution is -2.47. The Morgan fingerprint density at radius 2 is 1.31 bits per heavy atom. The zero-order chi connectivity index (χ0) is 20.5. The van der Waals surface area contributed by atoms with Crippen LogP contribution in [0.15, 0.2) is 12.2 Å². The van der Waals surface area contributed by atoms with Crippen LogP contribution >= 0.6 is 0 Å². The van der Waals surface area contributed by atoms with Crippen LogP contribution in [0.3, 0.4) is 0 Å². The summed E-state index contributed by atoms with van der Waals surface area (Å²) in [6.45, 7) is 22.9. The summed E-state index contributed by atoms with van der Waals surface area (Å²) < 4.78 is 11.9. The third-order valence-corrected chi connectivity index (χ3v) is 11.3. The fraction of sp³-hybridized carbons (Fsp3) is 0.857. The minimum Gasteiger partial charge on any atom is -0.445 e. The molecule has 0 unspecified atom stereocenters. The van der Waals surface area contributed by atoms with E-state index in [9.17, 15) is 4.79 Å². The van der Waals surface area contributed by atoms with Crippen LogP contribution in [0, 0.1) is 0 Å². The van der Waals surface area contributed by atoms with Gasteiger partial charge in [-0.15, -0.1) is 0 Å². The molecular weight excluding hydrogens is 342 g/mol. The van der Waals surface area contributed by atoms with Crippen LogP contribution in [0.2, 0.25) is 16.6 Å². The smallest absolute Gasteiger partial charge is 0.410 e. The number of carbonyl (C=O) groups is 1. The van der Waals surface area contributed by atoms with Crippen LogP contribution < -0.4 is 0 Å². The van der Waals surface area contributed by atoms with Gasteiger partial charge in [-0.2, -0.15) is 0 Å². The Kier molecular flexibility index (Phi) is 11.4. The molecule has 0 aromatic rings. The zero-order valence-electron chi connectivity index (χ0n) is 18.8. The minimum absolute atomic E-state index is 0.140. The van der Waals surface area contributed by atoms with Gasteiger partial charge in [0.05, 0.1) is 0 Å². The van der Waals surface area contributed by atoms with E-state index in [-0.39, 0.29) is 18.2 Å². The van der Waals surface area contributed by atoms with Crippen molar-refractivity contribution < 1.29 is 14.0 Å². The summed E-state index contributed by atoms with van der Waals surface area (Å²) in [5.74, 6) is 0. The van der Waals surface area contributed by atoms with Crippen molar-refractivity contribution in [3.05, 3.63) is 12.2 Å². The standard InChI is InChI=1S/C21H43NO3Si/c1-16(2)22(17(3)4)21(23)24-14-12-11-13-15-25-26(18(5)6,19(7)8)20(9)10/h11-12,16-20H,13-15H2,1-10H3/b12-11+. The van der Waals surface area contributed by atoms with Gasteiger partial charge in [-0.05, 0) is 50.7 Å². The van der Waals surface area contributed by atoms with Crippen molar-refractivity contribution in [1.82, 2.24) is 4.90 Å². The molecule has 4 nitrogen and oxygen atoms in total. The van der Waals surface area contributed by atoms with E-state index in [1.165, 1.54) is 0 Å². The Labute approximate surface area is 163 Å². The van der Waals surface area contributed by atoms with Crippen molar-refractivity contribution in [2.45, 2.75) is 104 Å². The maximum absolute atomic E-state index is 12.1. The fourth-order valence-corrected chi connectivity index (χ4v) is 9.67. The molecule has 0 saturated heterocycles. The van der Waals surface area contributed by atoms with Crippen molar-refractivity contribution >= 4 is 14.4 Å². The van der Waals surface area contributed by atoms with Crippen LogP contribution in [0.4, 0.5) is 4.79 Å². The molecule has 0 aromatic carbocycles. The predicted molar refractivity (Wildman–Crippen MR) is 114 cm³/mol. The summed E-state index contributed by atoms with van der Waals surface area (Å²) in [5.41, 5.74) is 1.81. The third-order valence-electron chi connectivity index (χ3n) is 5.14. The predicted octanol–water partition coefficient (Wildman–Crippen LogP) is 6.38. The molecule has 0 fully saturated rings. The number of amides is 1. The normalized spacial score (nSPS) is 13.0. The summed E-state index contributed by atoms with van der Waals surface area (Å²) in [5, 5.41) is 0. The molecule has 26 heavy (non-hydrogen) atoms. The second-order valence-corrected chi connectivity index (χ2v) is 14.1. The van der Waals surface area contributed by atoms with E-state index >= 15 is 0 Å². The molecule has 0 bridgehead atoms. The molecule has 5 heteroatoms. The van der Waals surface area contributed by atoms with Crippen LogP contribution in [0.25, 0.3) is 0 Å². The average Bonchev–Trinajstić information content (AvgIpc) is 2.47. The molecule has 154 valence electrons. The van der Waals surface area contributed by atoms with Gasteiger partial charge < -0.3 is 14.1 Å². The van der Waals surface area contributed by atoms with Crippen molar-refractivity contribution in [1.29, 1.82) is 0 Å². The third kappa shape index (κ3) is 7.07. The average molecular weight is 386 g/mol.